The van der Waals surface area contributed by atoms with E-state index in [0.29, 0.717) is 17.4 Å². The van der Waals surface area contributed by atoms with E-state index in [-0.39, 0.29) is 32.2 Å². The Labute approximate surface area is 619 Å². The van der Waals surface area contributed by atoms with Gasteiger partial charge in [-0.3, -0.25) is 9.59 Å². The molecule has 0 rings (SSSR count). The summed E-state index contributed by atoms with van der Waals surface area (Å²) in [5, 5.41) is 9.79. The molecule has 100 heavy (non-hydrogen) atoms. The number of aliphatic carboxylic acids is 1. The summed E-state index contributed by atoms with van der Waals surface area (Å²) < 4.78 is 23.1. The molecule has 2 atom stereocenters. The van der Waals surface area contributed by atoms with Crippen LogP contribution in [0.4, 0.5) is 0 Å². The zero-order valence-corrected chi connectivity index (χ0v) is 66.3. The van der Waals surface area contributed by atoms with Gasteiger partial charge in [0.25, 0.3) is 6.29 Å². The van der Waals surface area contributed by atoms with Gasteiger partial charge in [0.1, 0.15) is 13.2 Å². The zero-order valence-electron chi connectivity index (χ0n) is 66.3. The van der Waals surface area contributed by atoms with Crippen molar-refractivity contribution < 1.29 is 42.9 Å². The average Bonchev–Trinajstić information content (AvgIpc) is 1.08. The van der Waals surface area contributed by atoms with Crippen LogP contribution in [0.2, 0.25) is 0 Å². The van der Waals surface area contributed by atoms with E-state index in [1.165, 1.54) is 263 Å². The predicted octanol–water partition coefficient (Wildman–Crippen LogP) is 27.7. The van der Waals surface area contributed by atoms with Gasteiger partial charge in [-0.2, -0.15) is 0 Å². The summed E-state index contributed by atoms with van der Waals surface area (Å²) in [6.45, 7) is 4.82. The number of carbonyl (C=O) groups excluding carboxylic acids is 2. The van der Waals surface area contributed by atoms with Crippen molar-refractivity contribution in [3.05, 3.63) is 109 Å². The molecule has 0 aromatic heterocycles. The first-order valence-corrected chi connectivity index (χ1v) is 42.6. The minimum absolute atomic E-state index is 0.182. The Hall–Kier alpha value is -4.05. The van der Waals surface area contributed by atoms with Crippen molar-refractivity contribution in [2.24, 2.45) is 0 Å². The molecule has 2 unspecified atom stereocenters. The molecule has 578 valence electrons. The van der Waals surface area contributed by atoms with Crippen LogP contribution in [0.1, 0.15) is 393 Å². The van der Waals surface area contributed by atoms with Gasteiger partial charge in [-0.25, -0.2) is 4.79 Å². The number of carbonyl (C=O) groups is 3. The second-order valence-electron chi connectivity index (χ2n) is 29.8. The molecule has 0 bridgehead atoms. The highest BCUT2D eigenvalue weighted by Gasteiger charge is 2.25. The highest BCUT2D eigenvalue weighted by atomic mass is 16.7. The summed E-state index contributed by atoms with van der Waals surface area (Å²) in [5.41, 5.74) is 0. The van der Waals surface area contributed by atoms with Gasteiger partial charge in [-0.15, -0.1) is 0 Å². The normalized spacial score (nSPS) is 13.2. The van der Waals surface area contributed by atoms with Crippen LogP contribution in [0.15, 0.2) is 109 Å². The highest BCUT2D eigenvalue weighted by Crippen LogP contribution is 2.20. The van der Waals surface area contributed by atoms with Gasteiger partial charge in [0.15, 0.2) is 6.10 Å². The SMILES string of the molecule is CC/C=C\C/C=C\C/C=C\C/C=C\C/C=C\C/C=C\C/C=C\C/C=C\C/C=C\CCCCCCCCCCCCCCCC(=O)OC(COC(=O)CCCCCCCCCCCCCCCCCCCCCCCCCCCCCCCCCCCC)COC(OCC[N+](C)(C)C)C(=O)O. The first-order valence-electron chi connectivity index (χ1n) is 42.6. The topological polar surface area (TPSA) is 108 Å². The van der Waals surface area contributed by atoms with Crippen LogP contribution < -0.4 is 0 Å². The third-order valence-corrected chi connectivity index (χ3v) is 18.8. The van der Waals surface area contributed by atoms with Crippen LogP contribution in [0.3, 0.4) is 0 Å². The van der Waals surface area contributed by atoms with E-state index in [9.17, 15) is 19.5 Å². The minimum Gasteiger partial charge on any atom is -0.477 e. The molecule has 0 fully saturated rings. The summed E-state index contributed by atoms with van der Waals surface area (Å²) in [6.07, 6.45) is 111. The lowest BCUT2D eigenvalue weighted by molar-refractivity contribution is -0.870. The standard InChI is InChI=1S/C91H161NO8/c1-6-8-10-12-14-16-18-20-22-24-26-28-30-32-34-36-38-40-42-43-44-45-46-47-48-50-52-54-56-58-60-62-64-66-68-70-72-74-76-78-80-82-89(94)100-87(86-99-91(90(95)96)97-84-83-92(3,4)5)85-98-88(93)81-79-77-75-73-71-69-67-65-63-61-59-57-55-53-51-49-41-39-37-35-33-31-29-27-25-23-21-19-17-15-13-11-9-7-2/h8,10,14,16,20,22,26,28,32,34,38,40,43-44,46-47,50,52,87,91H,6-7,9,11-13,15,17-19,21,23-25,27,29-31,33,35-37,39,41-42,45,48-49,51,53-86H2,1-5H3/p+1/b10-8-,16-14-,22-20-,28-26-,34-32-,40-38-,44-43-,47-46-,52-50-. The summed E-state index contributed by atoms with van der Waals surface area (Å²) >= 11 is 0. The lowest BCUT2D eigenvalue weighted by Crippen LogP contribution is -2.40. The van der Waals surface area contributed by atoms with E-state index < -0.39 is 24.3 Å². The summed E-state index contributed by atoms with van der Waals surface area (Å²) in [6, 6.07) is 0. The quantitative estimate of drug-likeness (QED) is 0.0211. The smallest absolute Gasteiger partial charge is 0.361 e. The molecule has 0 saturated heterocycles. The summed E-state index contributed by atoms with van der Waals surface area (Å²) in [4.78, 5) is 37.8. The van der Waals surface area contributed by atoms with Crippen LogP contribution in [0.25, 0.3) is 0 Å². The van der Waals surface area contributed by atoms with Gasteiger partial charge < -0.3 is 28.5 Å². The van der Waals surface area contributed by atoms with Gasteiger partial charge >= 0.3 is 17.9 Å². The molecule has 0 amide bonds. The monoisotopic (exact) mass is 1400 g/mol. The van der Waals surface area contributed by atoms with Crippen LogP contribution in [0.5, 0.6) is 0 Å². The zero-order chi connectivity index (χ0) is 72.5. The van der Waals surface area contributed by atoms with Crippen LogP contribution in [0, 0.1) is 0 Å². The molecule has 9 nitrogen and oxygen atoms in total. The molecule has 0 saturated carbocycles. The molecule has 0 spiro atoms. The van der Waals surface area contributed by atoms with Crippen molar-refractivity contribution in [3.8, 4) is 0 Å². The lowest BCUT2D eigenvalue weighted by atomic mass is 10.0. The number of unbranched alkanes of at least 4 members (excludes halogenated alkanes) is 46. The Balaban J connectivity index is 4.01. The molecule has 0 aromatic rings. The maximum absolute atomic E-state index is 13.0. The van der Waals surface area contributed by atoms with Gasteiger partial charge in [0.05, 0.1) is 34.4 Å². The number of rotatable bonds is 79. The first kappa shape index (κ1) is 96.0. The van der Waals surface area contributed by atoms with E-state index >= 15 is 0 Å². The number of carboxylic acid groups (broad SMARTS) is 1. The third kappa shape index (κ3) is 81.3. The van der Waals surface area contributed by atoms with Crippen molar-refractivity contribution in [2.75, 3.05) is 47.5 Å². The molecule has 0 aliphatic carbocycles. The molecule has 1 N–H and O–H groups in total. The molecule has 9 heteroatoms. The van der Waals surface area contributed by atoms with Gasteiger partial charge in [0.2, 0.25) is 0 Å². The fourth-order valence-corrected chi connectivity index (χ4v) is 12.4. The van der Waals surface area contributed by atoms with Gasteiger partial charge in [0, 0.05) is 12.8 Å². The van der Waals surface area contributed by atoms with Crippen molar-refractivity contribution in [2.45, 2.75) is 405 Å². The Morgan fingerprint density at radius 1 is 0.310 bits per heavy atom. The number of ether oxygens (including phenoxy) is 4. The highest BCUT2D eigenvalue weighted by molar-refractivity contribution is 5.71. The largest absolute Gasteiger partial charge is 0.477 e. The average molecular weight is 1400 g/mol. The third-order valence-electron chi connectivity index (χ3n) is 18.8. The Kier molecular flexibility index (Phi) is 77.4. The molecule has 0 radical (unpaired) electrons. The second kappa shape index (κ2) is 80.6. The van der Waals surface area contributed by atoms with E-state index in [1.54, 1.807) is 0 Å². The Morgan fingerprint density at radius 2 is 0.570 bits per heavy atom. The minimum atomic E-state index is -1.51. The number of nitrogens with zero attached hydrogens (tertiary/aromatic N) is 1. The number of quaternary nitrogens is 1. The fourth-order valence-electron chi connectivity index (χ4n) is 12.4. The van der Waals surface area contributed by atoms with Crippen LogP contribution >= 0.6 is 0 Å². The Morgan fingerprint density at radius 3 is 0.850 bits per heavy atom. The van der Waals surface area contributed by atoms with Crippen LogP contribution in [-0.4, -0.2) is 87.4 Å². The van der Waals surface area contributed by atoms with Crippen molar-refractivity contribution >= 4 is 17.9 Å². The van der Waals surface area contributed by atoms with Crippen molar-refractivity contribution in [3.63, 3.8) is 0 Å². The number of esters is 2. The number of carboxylic acids is 1. The number of hydrogen-bond acceptors (Lipinski definition) is 7. The fraction of sp³-hybridized carbons (Fsp3) is 0.769. The predicted molar refractivity (Wildman–Crippen MR) is 433 cm³/mol. The van der Waals surface area contributed by atoms with E-state index in [2.05, 4.69) is 123 Å². The van der Waals surface area contributed by atoms with Crippen molar-refractivity contribution in [1.82, 2.24) is 0 Å². The first-order chi connectivity index (χ1) is 49.1. The summed E-state index contributed by atoms with van der Waals surface area (Å²) in [7, 11) is 5.99. The van der Waals surface area contributed by atoms with E-state index in [1.807, 2.05) is 21.1 Å². The number of likely N-dealkylation sites (N-methyl/N-ethyl adjacent to an activating group) is 1. The maximum Gasteiger partial charge on any atom is 0.361 e. The molecule has 0 aliphatic heterocycles. The maximum atomic E-state index is 13.0. The van der Waals surface area contributed by atoms with Crippen LogP contribution in [-0.2, 0) is 33.3 Å². The van der Waals surface area contributed by atoms with E-state index in [0.717, 1.165) is 103 Å². The number of allylic oxidation sites excluding steroid dienone is 18. The second-order valence-corrected chi connectivity index (χ2v) is 29.8. The van der Waals surface area contributed by atoms with Crippen molar-refractivity contribution in [1.29, 1.82) is 0 Å². The molecular weight excluding hydrogens is 1230 g/mol. The van der Waals surface area contributed by atoms with Gasteiger partial charge in [-0.1, -0.05) is 406 Å². The summed E-state index contributed by atoms with van der Waals surface area (Å²) in [5.74, 6) is -1.99. The Bertz CT molecular complexity index is 2020. The molecule has 0 aromatic carbocycles. The lowest BCUT2D eigenvalue weighted by Gasteiger charge is -2.25. The number of hydrogen-bond donors (Lipinski definition) is 1. The molecule has 0 aliphatic rings. The van der Waals surface area contributed by atoms with Gasteiger partial charge in [-0.05, 0) is 83.5 Å². The van der Waals surface area contributed by atoms with E-state index in [4.69, 9.17) is 18.9 Å². The molecular formula is C91H162NO8+. The molecule has 0 heterocycles.